The highest BCUT2D eigenvalue weighted by Gasteiger charge is 2.13. The lowest BCUT2D eigenvalue weighted by Gasteiger charge is -2.10. The Bertz CT molecular complexity index is 1300. The normalized spacial score (nSPS) is 10.7. The fourth-order valence-electron chi connectivity index (χ4n) is 3.13. The summed E-state index contributed by atoms with van der Waals surface area (Å²) in [6, 6.07) is 20.4. The number of carboxylic acid groups (broad SMARTS) is 1. The predicted octanol–water partition coefficient (Wildman–Crippen LogP) is 6.16. The number of nitrogens with zero attached hydrogens (tertiary/aromatic N) is 1. The highest BCUT2D eigenvalue weighted by molar-refractivity contribution is 6.37. The average Bonchev–Trinajstić information content (AvgIpc) is 2.73. The van der Waals surface area contributed by atoms with E-state index in [1.54, 1.807) is 30.3 Å². The molecule has 0 radical (unpaired) electrons. The van der Waals surface area contributed by atoms with Crippen molar-refractivity contribution in [3.05, 3.63) is 94.0 Å². The van der Waals surface area contributed by atoms with E-state index in [4.69, 9.17) is 23.2 Å². The lowest BCUT2D eigenvalue weighted by Crippen LogP contribution is -2.13. The van der Waals surface area contributed by atoms with Gasteiger partial charge in [-0.05, 0) is 48.0 Å². The number of nitrogens with one attached hydrogen (secondary N) is 1. The monoisotopic (exact) mass is 436 g/mol. The molecular formula is C23H14Cl2N2O3. The zero-order valence-corrected chi connectivity index (χ0v) is 16.9. The zero-order valence-electron chi connectivity index (χ0n) is 15.4. The molecule has 3 aromatic carbocycles. The molecule has 0 aliphatic carbocycles. The van der Waals surface area contributed by atoms with Gasteiger partial charge in [0.1, 0.15) is 5.82 Å². The fourth-order valence-corrected chi connectivity index (χ4v) is 3.62. The highest BCUT2D eigenvalue weighted by atomic mass is 35.5. The minimum Gasteiger partial charge on any atom is -0.478 e. The van der Waals surface area contributed by atoms with Crippen LogP contribution in [0.15, 0.2) is 72.8 Å². The van der Waals surface area contributed by atoms with Gasteiger partial charge in [-0.2, -0.15) is 0 Å². The fraction of sp³-hybridized carbons (Fsp3) is 0. The maximum atomic E-state index is 12.6. The number of hydrogen-bond acceptors (Lipinski definition) is 3. The van der Waals surface area contributed by atoms with Crippen LogP contribution in [0.3, 0.4) is 0 Å². The van der Waals surface area contributed by atoms with E-state index in [9.17, 15) is 14.7 Å². The molecule has 0 aliphatic rings. The maximum Gasteiger partial charge on any atom is 0.335 e. The number of aromatic carboxylic acids is 1. The van der Waals surface area contributed by atoms with Crippen molar-refractivity contribution in [2.45, 2.75) is 0 Å². The molecule has 1 amide bonds. The van der Waals surface area contributed by atoms with Crippen molar-refractivity contribution in [3.63, 3.8) is 0 Å². The number of hydrogen-bond donors (Lipinski definition) is 2. The van der Waals surface area contributed by atoms with Gasteiger partial charge in [-0.1, -0.05) is 53.5 Å². The van der Waals surface area contributed by atoms with Gasteiger partial charge < -0.3 is 10.4 Å². The molecule has 0 atom stereocenters. The Hall–Kier alpha value is -3.41. The van der Waals surface area contributed by atoms with E-state index in [1.165, 1.54) is 12.1 Å². The Labute approximate surface area is 181 Å². The highest BCUT2D eigenvalue weighted by Crippen LogP contribution is 2.29. The van der Waals surface area contributed by atoms with Crippen molar-refractivity contribution < 1.29 is 14.7 Å². The average molecular weight is 437 g/mol. The Kier molecular flexibility index (Phi) is 5.40. The molecule has 4 aromatic rings. The summed E-state index contributed by atoms with van der Waals surface area (Å²) in [6.07, 6.45) is 0. The van der Waals surface area contributed by atoms with Gasteiger partial charge in [0.2, 0.25) is 0 Å². The quantitative estimate of drug-likeness (QED) is 0.401. The maximum absolute atomic E-state index is 12.6. The molecule has 2 N–H and O–H groups in total. The number of para-hydroxylation sites is 1. The summed E-state index contributed by atoms with van der Waals surface area (Å²) in [6.45, 7) is 0. The second-order valence-corrected chi connectivity index (χ2v) is 7.38. The number of rotatable bonds is 4. The summed E-state index contributed by atoms with van der Waals surface area (Å²) in [4.78, 5) is 28.5. The van der Waals surface area contributed by atoms with Gasteiger partial charge in [-0.15, -0.1) is 0 Å². The summed E-state index contributed by atoms with van der Waals surface area (Å²) in [5.74, 6) is -1.06. The van der Waals surface area contributed by atoms with Crippen molar-refractivity contribution in [2.24, 2.45) is 0 Å². The minimum atomic E-state index is -1.00. The van der Waals surface area contributed by atoms with Crippen molar-refractivity contribution in [1.29, 1.82) is 0 Å². The molecule has 1 heterocycles. The Morgan fingerprint density at radius 1 is 0.900 bits per heavy atom. The van der Waals surface area contributed by atoms with Crippen LogP contribution in [-0.2, 0) is 0 Å². The summed E-state index contributed by atoms with van der Waals surface area (Å²) < 4.78 is 0. The number of halogens is 2. The number of carboxylic acids is 1. The largest absolute Gasteiger partial charge is 0.478 e. The van der Waals surface area contributed by atoms with Crippen LogP contribution in [0.4, 0.5) is 5.82 Å². The van der Waals surface area contributed by atoms with Crippen LogP contribution in [0.1, 0.15) is 20.7 Å². The van der Waals surface area contributed by atoms with Gasteiger partial charge >= 0.3 is 5.97 Å². The molecule has 30 heavy (non-hydrogen) atoms. The zero-order chi connectivity index (χ0) is 21.3. The molecule has 0 fully saturated rings. The van der Waals surface area contributed by atoms with E-state index < -0.39 is 11.9 Å². The van der Waals surface area contributed by atoms with Crippen LogP contribution in [-0.4, -0.2) is 22.0 Å². The third kappa shape index (κ3) is 3.99. The number of amides is 1. The number of anilines is 1. The van der Waals surface area contributed by atoms with E-state index in [2.05, 4.69) is 10.3 Å². The number of pyridine rings is 1. The van der Waals surface area contributed by atoms with Crippen LogP contribution in [0.2, 0.25) is 10.0 Å². The summed E-state index contributed by atoms with van der Waals surface area (Å²) in [7, 11) is 0. The molecular weight excluding hydrogens is 423 g/mol. The van der Waals surface area contributed by atoms with E-state index in [0.717, 1.165) is 16.5 Å². The van der Waals surface area contributed by atoms with Gasteiger partial charge in [0.25, 0.3) is 5.91 Å². The molecule has 5 nitrogen and oxygen atoms in total. The molecule has 148 valence electrons. The molecule has 0 spiro atoms. The second kappa shape index (κ2) is 8.14. The second-order valence-electron chi connectivity index (χ2n) is 6.54. The van der Waals surface area contributed by atoms with Crippen molar-refractivity contribution in [3.8, 4) is 11.1 Å². The molecule has 0 aliphatic heterocycles. The van der Waals surface area contributed by atoms with Crippen LogP contribution in [0, 0.1) is 0 Å². The summed E-state index contributed by atoms with van der Waals surface area (Å²) in [5, 5.41) is 13.6. The number of fused-ring (bicyclic) bond motifs is 1. The first-order valence-corrected chi connectivity index (χ1v) is 9.68. The van der Waals surface area contributed by atoms with E-state index in [-0.39, 0.29) is 16.1 Å². The van der Waals surface area contributed by atoms with Crippen molar-refractivity contribution in [2.75, 3.05) is 5.32 Å². The summed E-state index contributed by atoms with van der Waals surface area (Å²) >= 11 is 12.0. The van der Waals surface area contributed by atoms with Crippen molar-refractivity contribution >= 4 is 51.8 Å². The lowest BCUT2D eigenvalue weighted by molar-refractivity contribution is 0.0696. The molecule has 0 bridgehead atoms. The smallest absolute Gasteiger partial charge is 0.335 e. The van der Waals surface area contributed by atoms with Gasteiger partial charge in [-0.25, -0.2) is 9.78 Å². The number of benzene rings is 3. The standard InChI is InChI=1S/C23H14Cl2N2O3/c24-16-8-9-18(19(25)12-16)22(28)27-20-10-7-13-3-2-6-17(21(13)26-20)14-4-1-5-15(11-14)23(29)30/h1-12H,(H,29,30)(H,26,27,28). The molecule has 0 saturated heterocycles. The third-order valence-corrected chi connectivity index (χ3v) is 5.11. The van der Waals surface area contributed by atoms with Crippen LogP contribution in [0.5, 0.6) is 0 Å². The van der Waals surface area contributed by atoms with Crippen LogP contribution < -0.4 is 5.32 Å². The first-order chi connectivity index (χ1) is 14.4. The van der Waals surface area contributed by atoms with E-state index >= 15 is 0 Å². The molecule has 0 unspecified atom stereocenters. The topological polar surface area (TPSA) is 79.3 Å². The Morgan fingerprint density at radius 3 is 2.47 bits per heavy atom. The number of aromatic nitrogens is 1. The molecule has 7 heteroatoms. The first kappa shape index (κ1) is 19.9. The lowest BCUT2D eigenvalue weighted by atomic mass is 10.00. The Morgan fingerprint density at radius 2 is 1.70 bits per heavy atom. The third-order valence-electron chi connectivity index (χ3n) is 4.56. The van der Waals surface area contributed by atoms with Crippen molar-refractivity contribution in [1.82, 2.24) is 4.98 Å². The molecule has 4 rings (SSSR count). The van der Waals surface area contributed by atoms with Crippen LogP contribution in [0.25, 0.3) is 22.0 Å². The van der Waals surface area contributed by atoms with Gasteiger partial charge in [0.05, 0.1) is 21.7 Å². The predicted molar refractivity (Wildman–Crippen MR) is 119 cm³/mol. The number of carbonyl (C=O) groups is 2. The van der Waals surface area contributed by atoms with E-state index in [0.29, 0.717) is 16.4 Å². The SMILES string of the molecule is O=C(O)c1cccc(-c2cccc3ccc(NC(=O)c4ccc(Cl)cc4Cl)nc23)c1. The summed E-state index contributed by atoms with van der Waals surface area (Å²) in [5.41, 5.74) is 2.59. The molecule has 1 aromatic heterocycles. The minimum absolute atomic E-state index is 0.186. The van der Waals surface area contributed by atoms with Crippen LogP contribution >= 0.6 is 23.2 Å². The first-order valence-electron chi connectivity index (χ1n) is 8.92. The van der Waals surface area contributed by atoms with Gasteiger partial charge in [-0.3, -0.25) is 4.79 Å². The van der Waals surface area contributed by atoms with E-state index in [1.807, 2.05) is 30.3 Å². The van der Waals surface area contributed by atoms with Gasteiger partial charge in [0.15, 0.2) is 0 Å². The number of carbonyl (C=O) groups excluding carboxylic acids is 1. The molecule has 0 saturated carbocycles. The Balaban J connectivity index is 1.73. The van der Waals surface area contributed by atoms with Gasteiger partial charge in [0, 0.05) is 16.0 Å².